The first-order valence-corrected chi connectivity index (χ1v) is 1.77. The predicted molar refractivity (Wildman–Crippen MR) is 25.5 cm³/mol. The van der Waals surface area contributed by atoms with Crippen LogP contribution in [0.4, 0.5) is 0 Å². The van der Waals surface area contributed by atoms with Crippen molar-refractivity contribution in [1.82, 2.24) is 0 Å². The Morgan fingerprint density at radius 1 is 1.11 bits per heavy atom. The summed E-state index contributed by atoms with van der Waals surface area (Å²) >= 11 is 0. The minimum atomic E-state index is -1.26. The van der Waals surface area contributed by atoms with Crippen LogP contribution in [-0.4, -0.2) is 22.2 Å². The third-order valence-corrected chi connectivity index (χ3v) is 0.368. The van der Waals surface area contributed by atoms with Crippen molar-refractivity contribution in [2.75, 3.05) is 0 Å². The van der Waals surface area contributed by atoms with Gasteiger partial charge in [-0.2, -0.15) is 0 Å². The number of hydrogen-bond donors (Lipinski definition) is 2. The van der Waals surface area contributed by atoms with Gasteiger partial charge < -0.3 is 11.6 Å². The molecule has 0 aromatic heterocycles. The molecule has 0 bridgehead atoms. The molecule has 0 aliphatic carbocycles. The molecule has 46 valence electrons. The molecule has 0 rings (SSSR count). The van der Waals surface area contributed by atoms with E-state index in [2.05, 4.69) is 0 Å². The fraction of sp³-hybridized carbons (Fsp3) is 0. The fourth-order valence-electron chi connectivity index (χ4n) is 0.143. The number of hydrogen-bond acceptors (Lipinski definition) is 2. The van der Waals surface area contributed by atoms with E-state index in [1.54, 1.807) is 0 Å². The largest absolute Gasteiger partial charge is 1.00 e. The second-order valence-electron chi connectivity index (χ2n) is 1.01. The average molecular weight is 124 g/mol. The molecule has 4 nitrogen and oxygen atoms in total. The van der Waals surface area contributed by atoms with Crippen molar-refractivity contribution in [3.05, 3.63) is 12.2 Å². The summed E-state index contributed by atoms with van der Waals surface area (Å²) in [4.78, 5) is 19.1. The second-order valence-corrected chi connectivity index (χ2v) is 1.01. The van der Waals surface area contributed by atoms with Crippen LogP contribution in [0.2, 0.25) is 0 Å². The van der Waals surface area contributed by atoms with Gasteiger partial charge in [0.05, 0.1) is 0 Å². The SMILES string of the molecule is O=C(O)/C=C/C(=O)O.[H-].[Li+]. The molecule has 0 aromatic carbocycles. The third-order valence-electron chi connectivity index (χ3n) is 0.368. The Morgan fingerprint density at radius 2 is 1.33 bits per heavy atom. The van der Waals surface area contributed by atoms with Crippen LogP contribution >= 0.6 is 0 Å². The summed E-state index contributed by atoms with van der Waals surface area (Å²) in [5.74, 6) is -2.51. The summed E-state index contributed by atoms with van der Waals surface area (Å²) in [6, 6.07) is 0. The monoisotopic (exact) mass is 124 g/mol. The van der Waals surface area contributed by atoms with E-state index in [1.165, 1.54) is 0 Å². The van der Waals surface area contributed by atoms with Crippen LogP contribution in [0, 0.1) is 0 Å². The summed E-state index contributed by atoms with van der Waals surface area (Å²) in [6.07, 6.45) is 1.12. The third kappa shape index (κ3) is 11.1. The predicted octanol–water partition coefficient (Wildman–Crippen LogP) is -3.17. The Balaban J connectivity index is -0.000000245. The molecule has 0 atom stereocenters. The minimum Gasteiger partial charge on any atom is -1.00 e. The number of rotatable bonds is 2. The van der Waals surface area contributed by atoms with Crippen molar-refractivity contribution in [1.29, 1.82) is 0 Å². The zero-order valence-electron chi connectivity index (χ0n) is 5.87. The van der Waals surface area contributed by atoms with Gasteiger partial charge in [-0.25, -0.2) is 9.59 Å². The number of aliphatic carboxylic acids is 2. The molecule has 0 saturated heterocycles. The molecule has 0 heterocycles. The van der Waals surface area contributed by atoms with E-state index in [0.29, 0.717) is 12.2 Å². The maximum absolute atomic E-state index is 9.55. The molecule has 0 radical (unpaired) electrons. The Kier molecular flexibility index (Phi) is 6.69. The van der Waals surface area contributed by atoms with Gasteiger partial charge in [0.15, 0.2) is 0 Å². The minimum absolute atomic E-state index is 0. The summed E-state index contributed by atoms with van der Waals surface area (Å²) < 4.78 is 0. The standard InChI is InChI=1S/C4H4O4.Li.H/c5-3(6)1-2-4(7)8;;/h1-2H,(H,5,6)(H,7,8);;/q;+1;-1/b2-1+;;. The average Bonchev–Trinajstić information content (AvgIpc) is 1.61. The van der Waals surface area contributed by atoms with Gasteiger partial charge in [0.1, 0.15) is 0 Å². The van der Waals surface area contributed by atoms with Crippen LogP contribution in [0.1, 0.15) is 1.43 Å². The van der Waals surface area contributed by atoms with Gasteiger partial charge in [-0.15, -0.1) is 0 Å². The van der Waals surface area contributed by atoms with E-state index < -0.39 is 11.9 Å². The molecule has 0 aliphatic heterocycles. The van der Waals surface area contributed by atoms with Gasteiger partial charge in [-0.3, -0.25) is 0 Å². The van der Waals surface area contributed by atoms with E-state index in [9.17, 15) is 9.59 Å². The van der Waals surface area contributed by atoms with E-state index in [0.717, 1.165) is 0 Å². The van der Waals surface area contributed by atoms with Crippen molar-refractivity contribution < 1.29 is 40.1 Å². The molecule has 2 N–H and O–H groups in total. The number of carboxylic acid groups (broad SMARTS) is 2. The summed E-state index contributed by atoms with van der Waals surface area (Å²) in [5, 5.41) is 15.6. The van der Waals surface area contributed by atoms with Gasteiger partial charge >= 0.3 is 30.8 Å². The maximum atomic E-state index is 9.55. The van der Waals surface area contributed by atoms with Crippen molar-refractivity contribution in [3.8, 4) is 0 Å². The molecule has 0 saturated carbocycles. The maximum Gasteiger partial charge on any atom is 1.00 e. The van der Waals surface area contributed by atoms with Crippen LogP contribution in [0.3, 0.4) is 0 Å². The van der Waals surface area contributed by atoms with E-state index in [-0.39, 0.29) is 20.3 Å². The number of carbonyl (C=O) groups is 2. The molecule has 5 heteroatoms. The van der Waals surface area contributed by atoms with Gasteiger partial charge in [-0.1, -0.05) is 0 Å². The molecule has 0 aliphatic rings. The van der Waals surface area contributed by atoms with Gasteiger partial charge in [0.25, 0.3) is 0 Å². The van der Waals surface area contributed by atoms with Crippen LogP contribution in [-0.2, 0) is 9.59 Å². The molecule has 0 unspecified atom stereocenters. The van der Waals surface area contributed by atoms with E-state index in [1.807, 2.05) is 0 Å². The van der Waals surface area contributed by atoms with Gasteiger partial charge in [-0.05, 0) is 0 Å². The Bertz CT molecular complexity index is 128. The van der Waals surface area contributed by atoms with Gasteiger partial charge in [0.2, 0.25) is 0 Å². The van der Waals surface area contributed by atoms with Crippen molar-refractivity contribution in [2.24, 2.45) is 0 Å². The summed E-state index contributed by atoms with van der Waals surface area (Å²) in [5.41, 5.74) is 0. The van der Waals surface area contributed by atoms with E-state index >= 15 is 0 Å². The summed E-state index contributed by atoms with van der Waals surface area (Å²) in [7, 11) is 0. The van der Waals surface area contributed by atoms with Crippen LogP contribution < -0.4 is 18.9 Å². The molecule has 0 amide bonds. The molecule has 0 spiro atoms. The molecule has 9 heavy (non-hydrogen) atoms. The van der Waals surface area contributed by atoms with Crippen LogP contribution in [0.25, 0.3) is 0 Å². The summed E-state index contributed by atoms with van der Waals surface area (Å²) in [6.45, 7) is 0. The Hall–Kier alpha value is -0.723. The zero-order valence-corrected chi connectivity index (χ0v) is 4.87. The first kappa shape index (κ1) is 11.1. The second kappa shape index (κ2) is 5.41. The van der Waals surface area contributed by atoms with Crippen molar-refractivity contribution in [2.45, 2.75) is 0 Å². The van der Waals surface area contributed by atoms with Gasteiger partial charge in [0, 0.05) is 12.2 Å². The molecular formula is C4H5LiO4. The van der Waals surface area contributed by atoms with Crippen molar-refractivity contribution >= 4 is 11.9 Å². The first-order valence-electron chi connectivity index (χ1n) is 1.77. The molecular weight excluding hydrogens is 119 g/mol. The Labute approximate surface area is 64.8 Å². The molecule has 0 fully saturated rings. The molecule has 0 aromatic rings. The quantitative estimate of drug-likeness (QED) is 0.301. The van der Waals surface area contributed by atoms with Crippen LogP contribution in [0.5, 0.6) is 0 Å². The number of carboxylic acids is 2. The van der Waals surface area contributed by atoms with E-state index in [4.69, 9.17) is 10.2 Å². The first-order chi connectivity index (χ1) is 3.63. The fourth-order valence-corrected chi connectivity index (χ4v) is 0.143. The normalized spacial score (nSPS) is 8.44. The topological polar surface area (TPSA) is 74.6 Å². The van der Waals surface area contributed by atoms with Crippen LogP contribution in [0.15, 0.2) is 12.2 Å². The Morgan fingerprint density at radius 3 is 1.44 bits per heavy atom. The smallest absolute Gasteiger partial charge is 1.00 e. The van der Waals surface area contributed by atoms with Crippen molar-refractivity contribution in [3.63, 3.8) is 0 Å². The zero-order chi connectivity index (χ0) is 6.57.